The summed E-state index contributed by atoms with van der Waals surface area (Å²) in [5.41, 5.74) is -0.213. The van der Waals surface area contributed by atoms with E-state index in [1.807, 2.05) is 0 Å². The minimum Gasteiger partial charge on any atom is -0.505 e. The van der Waals surface area contributed by atoms with Crippen molar-refractivity contribution in [1.29, 1.82) is 0 Å². The van der Waals surface area contributed by atoms with Crippen LogP contribution in [0, 0.1) is 5.82 Å². The first-order chi connectivity index (χ1) is 8.98. The van der Waals surface area contributed by atoms with E-state index in [9.17, 15) is 14.3 Å². The van der Waals surface area contributed by atoms with Crippen LogP contribution in [0.15, 0.2) is 18.2 Å². The summed E-state index contributed by atoms with van der Waals surface area (Å²) in [6.45, 7) is 0.379. The first-order valence-corrected chi connectivity index (χ1v) is 6.20. The van der Waals surface area contributed by atoms with Gasteiger partial charge in [0, 0.05) is 13.1 Å². The van der Waals surface area contributed by atoms with Crippen molar-refractivity contribution in [3.63, 3.8) is 0 Å². The molecule has 2 rings (SSSR count). The Balaban J connectivity index is 1.75. The zero-order valence-electron chi connectivity index (χ0n) is 10.4. The number of phenolic OH excluding ortho intramolecular Hbond substituents is 1. The molecule has 1 aliphatic carbocycles. The molecule has 1 aromatic carbocycles. The highest BCUT2D eigenvalue weighted by Crippen LogP contribution is 2.30. The predicted molar refractivity (Wildman–Crippen MR) is 67.1 cm³/mol. The summed E-state index contributed by atoms with van der Waals surface area (Å²) in [5, 5.41) is 24.0. The van der Waals surface area contributed by atoms with Gasteiger partial charge in [-0.05, 0) is 37.0 Å². The van der Waals surface area contributed by atoms with Crippen LogP contribution in [0.4, 0.5) is 9.18 Å². The predicted octanol–water partition coefficient (Wildman–Crippen LogP) is 1.25. The number of hydrogen-bond donors (Lipinski definition) is 4. The molecule has 0 atom stereocenters. The number of nitrogens with one attached hydrogen (secondary N) is 2. The Morgan fingerprint density at radius 1 is 1.37 bits per heavy atom. The molecule has 1 aliphatic rings. The van der Waals surface area contributed by atoms with Crippen molar-refractivity contribution in [1.82, 2.24) is 10.6 Å². The van der Waals surface area contributed by atoms with Gasteiger partial charge >= 0.3 is 6.03 Å². The topological polar surface area (TPSA) is 81.6 Å². The van der Waals surface area contributed by atoms with E-state index in [4.69, 9.17) is 5.11 Å². The molecule has 5 nitrogen and oxygen atoms in total. The minimum atomic E-state index is -0.762. The second-order valence-electron chi connectivity index (χ2n) is 4.90. The molecule has 1 fully saturated rings. The molecular weight excluding hydrogens is 251 g/mol. The van der Waals surface area contributed by atoms with Crippen LogP contribution >= 0.6 is 0 Å². The van der Waals surface area contributed by atoms with E-state index in [1.54, 1.807) is 0 Å². The molecule has 1 aromatic rings. The number of rotatable bonds is 4. The van der Waals surface area contributed by atoms with Crippen molar-refractivity contribution in [3.8, 4) is 5.75 Å². The molecule has 0 aliphatic heterocycles. The highest BCUT2D eigenvalue weighted by molar-refractivity contribution is 5.73. The Hall–Kier alpha value is -1.82. The van der Waals surface area contributed by atoms with E-state index >= 15 is 0 Å². The van der Waals surface area contributed by atoms with Crippen LogP contribution in [-0.4, -0.2) is 28.4 Å². The number of hydrogen-bond acceptors (Lipinski definition) is 3. The van der Waals surface area contributed by atoms with Gasteiger partial charge in [0.15, 0.2) is 11.6 Å². The molecule has 6 heteroatoms. The standard InChI is InChI=1S/C13H17FN2O3/c14-10-6-9(2-3-11(10)17)7-15-12(18)16-8-13(19)4-1-5-13/h2-3,6,17,19H,1,4-5,7-8H2,(H2,15,16,18). The SMILES string of the molecule is O=C(NCc1ccc(O)c(F)c1)NCC1(O)CCC1. The third-order valence-electron chi connectivity index (χ3n) is 3.33. The summed E-state index contributed by atoms with van der Waals surface area (Å²) in [5.74, 6) is -1.14. The van der Waals surface area contributed by atoms with Crippen LogP contribution in [-0.2, 0) is 6.54 Å². The average Bonchev–Trinajstić information content (AvgIpc) is 2.35. The first kappa shape index (κ1) is 13.6. The largest absolute Gasteiger partial charge is 0.505 e. The molecule has 1 saturated carbocycles. The van der Waals surface area contributed by atoms with Crippen molar-refractivity contribution >= 4 is 6.03 Å². The highest BCUT2D eigenvalue weighted by Gasteiger charge is 2.34. The smallest absolute Gasteiger partial charge is 0.315 e. The molecule has 2 amide bonds. The summed E-state index contributed by atoms with van der Waals surface area (Å²) in [6.07, 6.45) is 2.39. The number of benzene rings is 1. The Morgan fingerprint density at radius 3 is 2.68 bits per heavy atom. The number of phenols is 1. The molecule has 0 spiro atoms. The normalized spacial score (nSPS) is 16.5. The highest BCUT2D eigenvalue weighted by atomic mass is 19.1. The lowest BCUT2D eigenvalue weighted by molar-refractivity contribution is -0.0290. The van der Waals surface area contributed by atoms with E-state index in [0.29, 0.717) is 18.4 Å². The summed E-state index contributed by atoms with van der Waals surface area (Å²) >= 11 is 0. The van der Waals surface area contributed by atoms with Crippen LogP contribution in [0.2, 0.25) is 0 Å². The van der Waals surface area contributed by atoms with Crippen LogP contribution in [0.3, 0.4) is 0 Å². The van der Waals surface area contributed by atoms with Crippen LogP contribution in [0.5, 0.6) is 5.75 Å². The maximum absolute atomic E-state index is 13.0. The van der Waals surface area contributed by atoms with E-state index in [-0.39, 0.29) is 13.1 Å². The molecule has 104 valence electrons. The lowest BCUT2D eigenvalue weighted by Crippen LogP contribution is -2.49. The van der Waals surface area contributed by atoms with Gasteiger partial charge in [0.05, 0.1) is 5.60 Å². The first-order valence-electron chi connectivity index (χ1n) is 6.20. The van der Waals surface area contributed by atoms with Gasteiger partial charge in [-0.3, -0.25) is 0 Å². The van der Waals surface area contributed by atoms with Gasteiger partial charge in [0.2, 0.25) is 0 Å². The van der Waals surface area contributed by atoms with Gasteiger partial charge in [0.1, 0.15) is 0 Å². The van der Waals surface area contributed by atoms with Crippen molar-refractivity contribution < 1.29 is 19.4 Å². The summed E-state index contributed by atoms with van der Waals surface area (Å²) in [6, 6.07) is 3.52. The molecule has 0 bridgehead atoms. The Kier molecular flexibility index (Phi) is 3.90. The number of aliphatic hydroxyl groups is 1. The number of amides is 2. The molecular formula is C13H17FN2O3. The molecule has 4 N–H and O–H groups in total. The van der Waals surface area contributed by atoms with E-state index in [1.165, 1.54) is 12.1 Å². The molecule has 0 unspecified atom stereocenters. The number of carbonyl (C=O) groups excluding carboxylic acids is 1. The maximum atomic E-state index is 13.0. The molecule has 19 heavy (non-hydrogen) atoms. The third-order valence-corrected chi connectivity index (χ3v) is 3.33. The summed E-state index contributed by atoms with van der Waals surface area (Å²) in [4.78, 5) is 11.5. The maximum Gasteiger partial charge on any atom is 0.315 e. The molecule has 0 heterocycles. The van der Waals surface area contributed by atoms with Gasteiger partial charge < -0.3 is 20.8 Å². The van der Waals surface area contributed by atoms with E-state index in [2.05, 4.69) is 10.6 Å². The Bertz CT molecular complexity index is 475. The Labute approximate surface area is 110 Å². The lowest BCUT2D eigenvalue weighted by Gasteiger charge is -2.36. The van der Waals surface area contributed by atoms with E-state index in [0.717, 1.165) is 12.5 Å². The van der Waals surface area contributed by atoms with Gasteiger partial charge in [-0.1, -0.05) is 6.07 Å². The number of halogens is 1. The van der Waals surface area contributed by atoms with Crippen LogP contribution in [0.1, 0.15) is 24.8 Å². The van der Waals surface area contributed by atoms with Crippen molar-refractivity contribution in [2.45, 2.75) is 31.4 Å². The number of urea groups is 1. The van der Waals surface area contributed by atoms with Gasteiger partial charge in [0.25, 0.3) is 0 Å². The van der Waals surface area contributed by atoms with Crippen LogP contribution in [0.25, 0.3) is 0 Å². The fraction of sp³-hybridized carbons (Fsp3) is 0.462. The van der Waals surface area contributed by atoms with Gasteiger partial charge in [-0.15, -0.1) is 0 Å². The van der Waals surface area contributed by atoms with Crippen LogP contribution < -0.4 is 10.6 Å². The summed E-state index contributed by atoms with van der Waals surface area (Å²) < 4.78 is 13.0. The molecule has 0 saturated heterocycles. The lowest BCUT2D eigenvalue weighted by atomic mass is 9.80. The van der Waals surface area contributed by atoms with Crippen molar-refractivity contribution in [2.75, 3.05) is 6.54 Å². The number of carbonyl (C=O) groups is 1. The fourth-order valence-electron chi connectivity index (χ4n) is 1.91. The second-order valence-corrected chi connectivity index (χ2v) is 4.90. The third kappa shape index (κ3) is 3.57. The van der Waals surface area contributed by atoms with Gasteiger partial charge in [-0.25, -0.2) is 9.18 Å². The zero-order chi connectivity index (χ0) is 13.9. The minimum absolute atomic E-state index is 0.154. The summed E-state index contributed by atoms with van der Waals surface area (Å²) in [7, 11) is 0. The van der Waals surface area contributed by atoms with Crippen molar-refractivity contribution in [3.05, 3.63) is 29.6 Å². The van der Waals surface area contributed by atoms with Crippen molar-refractivity contribution in [2.24, 2.45) is 0 Å². The Morgan fingerprint density at radius 2 is 2.11 bits per heavy atom. The monoisotopic (exact) mass is 268 g/mol. The zero-order valence-corrected chi connectivity index (χ0v) is 10.4. The fourth-order valence-corrected chi connectivity index (χ4v) is 1.91. The van der Waals surface area contributed by atoms with Gasteiger partial charge in [-0.2, -0.15) is 0 Å². The quantitative estimate of drug-likeness (QED) is 0.663. The number of aromatic hydroxyl groups is 1. The average molecular weight is 268 g/mol. The molecule has 0 radical (unpaired) electrons. The molecule has 0 aromatic heterocycles. The second kappa shape index (κ2) is 5.44. The van der Waals surface area contributed by atoms with E-state index < -0.39 is 23.2 Å².